The van der Waals surface area contributed by atoms with Gasteiger partial charge in [0.25, 0.3) is 0 Å². The third kappa shape index (κ3) is 1.83. The highest BCUT2D eigenvalue weighted by molar-refractivity contribution is 5.77. The van der Waals surface area contributed by atoms with E-state index in [-0.39, 0.29) is 17.5 Å². The normalized spacial score (nSPS) is 50.9. The van der Waals surface area contributed by atoms with E-state index in [2.05, 4.69) is 6.92 Å². The van der Waals surface area contributed by atoms with Gasteiger partial charge >= 0.3 is 5.97 Å². The second kappa shape index (κ2) is 3.95. The van der Waals surface area contributed by atoms with E-state index in [0.717, 1.165) is 44.9 Å². The number of epoxide rings is 2. The number of carbonyl (C=O) groups is 1. The van der Waals surface area contributed by atoms with Gasteiger partial charge < -0.3 is 14.2 Å². The Bertz CT molecular complexity index is 409. The van der Waals surface area contributed by atoms with Gasteiger partial charge in [0.05, 0.1) is 17.6 Å². The summed E-state index contributed by atoms with van der Waals surface area (Å²) in [6, 6.07) is 0. The van der Waals surface area contributed by atoms with E-state index in [0.29, 0.717) is 12.2 Å². The van der Waals surface area contributed by atoms with Crippen molar-refractivity contribution in [2.45, 2.75) is 82.4 Å². The molecule has 4 fully saturated rings. The van der Waals surface area contributed by atoms with E-state index in [1.54, 1.807) is 0 Å². The molecule has 4 aliphatic rings. The molecule has 0 amide bonds. The van der Waals surface area contributed by atoms with Gasteiger partial charge in [-0.1, -0.05) is 13.3 Å². The zero-order valence-electron chi connectivity index (χ0n) is 11.5. The van der Waals surface area contributed by atoms with Crippen LogP contribution in [0.1, 0.15) is 58.3 Å². The Morgan fingerprint density at radius 1 is 1.26 bits per heavy atom. The maximum Gasteiger partial charge on any atom is 0.314 e. The van der Waals surface area contributed by atoms with Gasteiger partial charge in [-0.3, -0.25) is 4.79 Å². The van der Waals surface area contributed by atoms with Crippen molar-refractivity contribution in [1.82, 2.24) is 0 Å². The Kier molecular flexibility index (Phi) is 2.53. The topological polar surface area (TPSA) is 51.4 Å². The Morgan fingerprint density at radius 3 is 2.89 bits per heavy atom. The first kappa shape index (κ1) is 12.2. The average Bonchev–Trinajstić information content (AvgIpc) is 3.31. The maximum absolute atomic E-state index is 12.7. The molecule has 5 unspecified atom stereocenters. The van der Waals surface area contributed by atoms with Gasteiger partial charge in [0.1, 0.15) is 6.10 Å². The van der Waals surface area contributed by atoms with Crippen LogP contribution >= 0.6 is 0 Å². The van der Waals surface area contributed by atoms with Crippen molar-refractivity contribution in [2.24, 2.45) is 5.41 Å². The number of hydrogen-bond donors (Lipinski definition) is 0. The highest BCUT2D eigenvalue weighted by atomic mass is 16.8. The molecule has 4 nitrogen and oxygen atoms in total. The predicted molar refractivity (Wildman–Crippen MR) is 67.4 cm³/mol. The molecule has 4 rings (SSSR count). The summed E-state index contributed by atoms with van der Waals surface area (Å²) in [6.45, 7) is 2.09. The van der Waals surface area contributed by atoms with E-state index < -0.39 is 5.79 Å². The van der Waals surface area contributed by atoms with E-state index in [1.165, 1.54) is 6.42 Å². The molecule has 0 radical (unpaired) electrons. The molecule has 2 heterocycles. The lowest BCUT2D eigenvalue weighted by Crippen LogP contribution is -2.40. The zero-order valence-corrected chi connectivity index (χ0v) is 11.5. The average molecular weight is 266 g/mol. The summed E-state index contributed by atoms with van der Waals surface area (Å²) in [4.78, 5) is 12.7. The zero-order chi connectivity index (χ0) is 13.1. The molecule has 19 heavy (non-hydrogen) atoms. The molecular weight excluding hydrogens is 244 g/mol. The van der Waals surface area contributed by atoms with Gasteiger partial charge in [0.15, 0.2) is 0 Å². The number of esters is 1. The number of ether oxygens (including phenoxy) is 3. The molecule has 0 aromatic carbocycles. The minimum absolute atomic E-state index is 0.0339. The highest BCUT2D eigenvalue weighted by Gasteiger charge is 2.63. The molecule has 4 heteroatoms. The summed E-state index contributed by atoms with van der Waals surface area (Å²) >= 11 is 0. The number of carbonyl (C=O) groups excluding carboxylic acids is 1. The van der Waals surface area contributed by atoms with E-state index in [1.807, 2.05) is 0 Å². The lowest BCUT2D eigenvalue weighted by atomic mass is 9.72. The van der Waals surface area contributed by atoms with Crippen molar-refractivity contribution in [2.75, 3.05) is 0 Å². The van der Waals surface area contributed by atoms with Crippen LogP contribution in [-0.4, -0.2) is 30.1 Å². The molecule has 0 aromatic heterocycles. The predicted octanol–water partition coefficient (Wildman–Crippen LogP) is 2.55. The molecule has 0 aromatic rings. The van der Waals surface area contributed by atoms with Gasteiger partial charge in [0.2, 0.25) is 5.79 Å². The van der Waals surface area contributed by atoms with Crippen LogP contribution in [0.3, 0.4) is 0 Å². The van der Waals surface area contributed by atoms with Gasteiger partial charge in [-0.25, -0.2) is 0 Å². The summed E-state index contributed by atoms with van der Waals surface area (Å²) < 4.78 is 17.1. The minimum Gasteiger partial charge on any atom is -0.430 e. The van der Waals surface area contributed by atoms with Crippen LogP contribution in [0, 0.1) is 5.41 Å². The number of hydrogen-bond acceptors (Lipinski definition) is 4. The van der Waals surface area contributed by atoms with Crippen molar-refractivity contribution < 1.29 is 19.0 Å². The fourth-order valence-electron chi connectivity index (χ4n) is 3.98. The Balaban J connectivity index is 1.46. The Labute approximate surface area is 113 Å². The number of fused-ring (bicyclic) bond motifs is 2. The van der Waals surface area contributed by atoms with Gasteiger partial charge in [-0.15, -0.1) is 0 Å². The van der Waals surface area contributed by atoms with E-state index in [4.69, 9.17) is 14.2 Å². The minimum atomic E-state index is -0.543. The molecule has 106 valence electrons. The summed E-state index contributed by atoms with van der Waals surface area (Å²) in [7, 11) is 0. The van der Waals surface area contributed by atoms with Crippen molar-refractivity contribution in [1.29, 1.82) is 0 Å². The maximum atomic E-state index is 12.7. The van der Waals surface area contributed by atoms with Crippen molar-refractivity contribution >= 4 is 5.97 Å². The second-order valence-electron chi connectivity index (χ2n) is 6.64. The summed E-state index contributed by atoms with van der Waals surface area (Å²) in [5.41, 5.74) is -0.319. The molecule has 0 spiro atoms. The van der Waals surface area contributed by atoms with Crippen LogP contribution in [0.15, 0.2) is 0 Å². The first-order chi connectivity index (χ1) is 9.17. The quantitative estimate of drug-likeness (QED) is 0.582. The second-order valence-corrected chi connectivity index (χ2v) is 6.64. The van der Waals surface area contributed by atoms with Crippen LogP contribution in [0.25, 0.3) is 0 Å². The number of rotatable bonds is 3. The monoisotopic (exact) mass is 266 g/mol. The van der Waals surface area contributed by atoms with Crippen LogP contribution in [-0.2, 0) is 19.0 Å². The SMILES string of the molecule is CCC1(C(=O)OC23CCCCC2O3)CCC2OC2C1. The smallest absolute Gasteiger partial charge is 0.314 e. The van der Waals surface area contributed by atoms with Gasteiger partial charge in [0, 0.05) is 6.42 Å². The Hall–Kier alpha value is -0.610. The van der Waals surface area contributed by atoms with Crippen LogP contribution < -0.4 is 0 Å². The fourth-order valence-corrected chi connectivity index (χ4v) is 3.98. The molecule has 2 saturated heterocycles. The third-order valence-electron chi connectivity index (χ3n) is 5.58. The summed E-state index contributed by atoms with van der Waals surface area (Å²) in [5.74, 6) is -0.577. The molecule has 5 atom stereocenters. The molecule has 2 aliphatic heterocycles. The molecule has 2 saturated carbocycles. The Morgan fingerprint density at radius 2 is 2.16 bits per heavy atom. The van der Waals surface area contributed by atoms with E-state index >= 15 is 0 Å². The van der Waals surface area contributed by atoms with Crippen LogP contribution in [0.4, 0.5) is 0 Å². The third-order valence-corrected chi connectivity index (χ3v) is 5.58. The van der Waals surface area contributed by atoms with Gasteiger partial charge in [-0.05, 0) is 38.5 Å². The summed E-state index contributed by atoms with van der Waals surface area (Å²) in [5, 5.41) is 0. The molecule has 0 N–H and O–H groups in total. The van der Waals surface area contributed by atoms with Crippen molar-refractivity contribution in [3.05, 3.63) is 0 Å². The van der Waals surface area contributed by atoms with E-state index in [9.17, 15) is 4.79 Å². The van der Waals surface area contributed by atoms with Crippen molar-refractivity contribution in [3.63, 3.8) is 0 Å². The van der Waals surface area contributed by atoms with Crippen molar-refractivity contribution in [3.8, 4) is 0 Å². The largest absolute Gasteiger partial charge is 0.430 e. The van der Waals surface area contributed by atoms with Crippen LogP contribution in [0.5, 0.6) is 0 Å². The first-order valence-electron chi connectivity index (χ1n) is 7.74. The molecule has 2 aliphatic carbocycles. The molecule has 0 bridgehead atoms. The van der Waals surface area contributed by atoms with Crippen LogP contribution in [0.2, 0.25) is 0 Å². The van der Waals surface area contributed by atoms with Gasteiger partial charge in [-0.2, -0.15) is 0 Å². The first-order valence-corrected chi connectivity index (χ1v) is 7.74. The highest BCUT2D eigenvalue weighted by Crippen LogP contribution is 2.53. The standard InChI is InChI=1S/C15H22O4/c1-2-14(8-6-10-11(9-14)17-10)13(16)19-15-7-4-3-5-12(15)18-15/h10-12H,2-9H2,1H3. The summed E-state index contributed by atoms with van der Waals surface area (Å²) in [6.07, 6.45) is 8.73. The fraction of sp³-hybridized carbons (Fsp3) is 0.933. The molecular formula is C15H22O4. The lowest BCUT2D eigenvalue weighted by molar-refractivity contribution is -0.175. The lowest BCUT2D eigenvalue weighted by Gasteiger charge is -2.33.